The molecule has 0 bridgehead atoms. The van der Waals surface area contributed by atoms with Crippen molar-refractivity contribution in [1.82, 2.24) is 0 Å². The lowest BCUT2D eigenvalue weighted by Crippen LogP contribution is -2.33. The van der Waals surface area contributed by atoms with Gasteiger partial charge in [0.15, 0.2) is 0 Å². The normalized spacial score (nSPS) is 18.4. The fraction of sp³-hybridized carbons (Fsp3) is 0.489. The molecule has 2 saturated carbocycles. The number of unbranched alkanes of at least 4 members (excludes halogenated alkanes) is 6. The Bertz CT molecular complexity index is 1670. The largest absolute Gasteiger partial charge is 0.457 e. The SMILES string of the molecule is CCCCCCCCCC1CCC(CCC2CCC(c3ccc(Oc4ccc([N+](=O)[O-])cc4)cc3)(c3ccc(Oc4ccc([N+](=O)[O-])cc4)cc3)CC2)CC1. The second kappa shape index (κ2) is 19.7. The van der Waals surface area contributed by atoms with Gasteiger partial charge >= 0.3 is 0 Å². The summed E-state index contributed by atoms with van der Waals surface area (Å²) >= 11 is 0. The predicted octanol–water partition coefficient (Wildman–Crippen LogP) is 14.3. The van der Waals surface area contributed by atoms with Gasteiger partial charge in [0.2, 0.25) is 0 Å². The molecule has 0 saturated heterocycles. The van der Waals surface area contributed by atoms with E-state index in [0.29, 0.717) is 23.0 Å². The topological polar surface area (TPSA) is 105 Å². The maximum absolute atomic E-state index is 11.1. The standard InChI is InChI=1S/C47H58N2O6/c1-2-3-4-5-6-7-8-9-36-10-12-37(13-11-36)14-15-38-32-34-47(35-33-38,39-16-24-43(25-17-39)54-45-28-20-41(21-29-45)48(50)51)40-18-26-44(27-19-40)55-46-30-22-42(23-31-46)49(52)53/h16-31,36-38H,2-15,32-35H2,1H3. The fourth-order valence-electron chi connectivity index (χ4n) is 9.10. The van der Waals surface area contributed by atoms with Crippen LogP contribution in [0.3, 0.4) is 0 Å². The Labute approximate surface area is 327 Å². The Morgan fingerprint density at radius 2 is 0.836 bits per heavy atom. The van der Waals surface area contributed by atoms with Crippen LogP contribution in [0.2, 0.25) is 0 Å². The summed E-state index contributed by atoms with van der Waals surface area (Å²) in [4.78, 5) is 21.3. The zero-order chi connectivity index (χ0) is 38.5. The van der Waals surface area contributed by atoms with Gasteiger partial charge in [-0.05, 0) is 103 Å². The maximum atomic E-state index is 11.1. The quantitative estimate of drug-likeness (QED) is 0.0537. The monoisotopic (exact) mass is 746 g/mol. The van der Waals surface area contributed by atoms with E-state index in [1.54, 1.807) is 24.3 Å². The molecule has 55 heavy (non-hydrogen) atoms. The second-order valence-electron chi connectivity index (χ2n) is 16.2. The molecule has 2 aliphatic rings. The van der Waals surface area contributed by atoms with Crippen molar-refractivity contribution < 1.29 is 19.3 Å². The summed E-state index contributed by atoms with van der Waals surface area (Å²) in [5.74, 6) is 5.07. The Morgan fingerprint density at radius 1 is 0.491 bits per heavy atom. The summed E-state index contributed by atoms with van der Waals surface area (Å²) < 4.78 is 12.1. The molecule has 0 spiro atoms. The fourth-order valence-corrected chi connectivity index (χ4v) is 9.10. The van der Waals surface area contributed by atoms with Crippen molar-refractivity contribution in [3.63, 3.8) is 0 Å². The van der Waals surface area contributed by atoms with Crippen LogP contribution in [0.4, 0.5) is 11.4 Å². The highest BCUT2D eigenvalue weighted by molar-refractivity contribution is 5.46. The van der Waals surface area contributed by atoms with Crippen LogP contribution in [-0.2, 0) is 5.41 Å². The van der Waals surface area contributed by atoms with E-state index in [0.717, 1.165) is 30.6 Å². The predicted molar refractivity (Wildman–Crippen MR) is 219 cm³/mol. The van der Waals surface area contributed by atoms with Crippen molar-refractivity contribution >= 4 is 11.4 Å². The molecule has 0 radical (unpaired) electrons. The van der Waals surface area contributed by atoms with Crippen LogP contribution in [0.25, 0.3) is 0 Å². The third-order valence-electron chi connectivity index (χ3n) is 12.5. The first kappa shape index (κ1) is 40.0. The summed E-state index contributed by atoms with van der Waals surface area (Å²) in [5.41, 5.74) is 2.43. The molecule has 0 atom stereocenters. The minimum absolute atomic E-state index is 0.0332. The van der Waals surface area contributed by atoms with Gasteiger partial charge in [-0.2, -0.15) is 0 Å². The Morgan fingerprint density at radius 3 is 1.24 bits per heavy atom. The third kappa shape index (κ3) is 11.2. The molecular formula is C47H58N2O6. The van der Waals surface area contributed by atoms with E-state index in [2.05, 4.69) is 31.2 Å². The molecule has 6 rings (SSSR count). The van der Waals surface area contributed by atoms with Crippen LogP contribution in [0, 0.1) is 38.0 Å². The van der Waals surface area contributed by atoms with Gasteiger partial charge in [-0.3, -0.25) is 20.2 Å². The number of nitro groups is 2. The minimum atomic E-state index is -0.412. The van der Waals surface area contributed by atoms with Gasteiger partial charge in [-0.1, -0.05) is 121 Å². The van der Waals surface area contributed by atoms with Crippen molar-refractivity contribution in [2.75, 3.05) is 0 Å². The lowest BCUT2D eigenvalue weighted by Gasteiger charge is -2.42. The zero-order valence-electron chi connectivity index (χ0n) is 32.5. The van der Waals surface area contributed by atoms with Gasteiger partial charge in [0, 0.05) is 29.7 Å². The van der Waals surface area contributed by atoms with Gasteiger partial charge in [0.25, 0.3) is 11.4 Å². The molecule has 0 heterocycles. The van der Waals surface area contributed by atoms with E-state index in [1.165, 1.54) is 138 Å². The number of ether oxygens (including phenoxy) is 2. The van der Waals surface area contributed by atoms with E-state index in [1.807, 2.05) is 24.3 Å². The van der Waals surface area contributed by atoms with Gasteiger partial charge in [0.05, 0.1) is 9.85 Å². The third-order valence-corrected chi connectivity index (χ3v) is 12.5. The van der Waals surface area contributed by atoms with E-state index in [4.69, 9.17) is 9.47 Å². The Balaban J connectivity index is 1.07. The van der Waals surface area contributed by atoms with Crippen LogP contribution in [0.5, 0.6) is 23.0 Å². The van der Waals surface area contributed by atoms with Crippen molar-refractivity contribution in [3.05, 3.63) is 128 Å². The molecule has 8 nitrogen and oxygen atoms in total. The molecule has 2 aliphatic carbocycles. The molecule has 0 aliphatic heterocycles. The molecular weight excluding hydrogens is 689 g/mol. The summed E-state index contributed by atoms with van der Waals surface area (Å²) in [5, 5.41) is 22.2. The second-order valence-corrected chi connectivity index (χ2v) is 16.2. The van der Waals surface area contributed by atoms with E-state index < -0.39 is 9.85 Å². The number of benzene rings is 4. The maximum Gasteiger partial charge on any atom is 0.269 e. The van der Waals surface area contributed by atoms with Crippen LogP contribution in [0.1, 0.15) is 134 Å². The molecule has 2 fully saturated rings. The molecule has 0 unspecified atom stereocenters. The summed E-state index contributed by atoms with van der Waals surface area (Å²) in [6, 6.07) is 29.0. The molecule has 4 aromatic carbocycles. The van der Waals surface area contributed by atoms with Crippen LogP contribution >= 0.6 is 0 Å². The van der Waals surface area contributed by atoms with E-state index in [9.17, 15) is 20.2 Å². The highest BCUT2D eigenvalue weighted by Crippen LogP contribution is 2.49. The first-order chi connectivity index (χ1) is 26.8. The number of nitrogens with zero attached hydrogens (tertiary/aromatic N) is 2. The first-order valence-electron chi connectivity index (χ1n) is 20.9. The van der Waals surface area contributed by atoms with Crippen LogP contribution in [-0.4, -0.2) is 9.85 Å². The molecule has 0 aromatic heterocycles. The smallest absolute Gasteiger partial charge is 0.269 e. The average Bonchev–Trinajstić information content (AvgIpc) is 3.21. The van der Waals surface area contributed by atoms with Crippen molar-refractivity contribution in [1.29, 1.82) is 0 Å². The number of hydrogen-bond donors (Lipinski definition) is 0. The molecule has 292 valence electrons. The molecule has 0 amide bonds. The first-order valence-corrected chi connectivity index (χ1v) is 20.9. The highest BCUT2D eigenvalue weighted by atomic mass is 16.6. The van der Waals surface area contributed by atoms with Gasteiger partial charge in [0.1, 0.15) is 23.0 Å². The molecule has 0 N–H and O–H groups in total. The van der Waals surface area contributed by atoms with Gasteiger partial charge in [-0.25, -0.2) is 0 Å². The number of rotatable bonds is 19. The van der Waals surface area contributed by atoms with E-state index in [-0.39, 0.29) is 16.8 Å². The average molecular weight is 747 g/mol. The van der Waals surface area contributed by atoms with Crippen molar-refractivity contribution in [2.24, 2.45) is 17.8 Å². The van der Waals surface area contributed by atoms with Crippen molar-refractivity contribution in [2.45, 2.75) is 128 Å². The Hall–Kier alpha value is -4.72. The number of nitro benzene ring substituents is 2. The lowest BCUT2D eigenvalue weighted by atomic mass is 9.62. The number of hydrogen-bond acceptors (Lipinski definition) is 6. The van der Waals surface area contributed by atoms with Crippen molar-refractivity contribution in [3.8, 4) is 23.0 Å². The summed E-state index contributed by atoms with van der Waals surface area (Å²) in [7, 11) is 0. The van der Waals surface area contributed by atoms with Crippen LogP contribution < -0.4 is 9.47 Å². The highest BCUT2D eigenvalue weighted by Gasteiger charge is 2.38. The lowest BCUT2D eigenvalue weighted by molar-refractivity contribution is -0.385. The zero-order valence-corrected chi connectivity index (χ0v) is 32.5. The summed E-state index contributed by atoms with van der Waals surface area (Å²) in [6.07, 6.45) is 24.2. The van der Waals surface area contributed by atoms with E-state index >= 15 is 0 Å². The number of non-ortho nitro benzene ring substituents is 2. The minimum Gasteiger partial charge on any atom is -0.457 e. The van der Waals surface area contributed by atoms with Crippen LogP contribution in [0.15, 0.2) is 97.1 Å². The van der Waals surface area contributed by atoms with Gasteiger partial charge < -0.3 is 9.47 Å². The summed E-state index contributed by atoms with van der Waals surface area (Å²) in [6.45, 7) is 2.29. The molecule has 8 heteroatoms. The Kier molecular flexibility index (Phi) is 14.3. The van der Waals surface area contributed by atoms with Gasteiger partial charge in [-0.15, -0.1) is 0 Å². The molecule has 4 aromatic rings.